The number of rotatable bonds is 5. The Labute approximate surface area is 108 Å². The molecule has 1 amide bonds. The highest BCUT2D eigenvalue weighted by atomic mass is 32.2. The number of carbonyl (C=O) groups excluding carboxylic acids is 1. The van der Waals surface area contributed by atoms with Crippen LogP contribution in [0.2, 0.25) is 0 Å². The first-order valence-corrected chi connectivity index (χ1v) is 7.67. The zero-order chi connectivity index (χ0) is 13.9. The number of thiophene rings is 1. The lowest BCUT2D eigenvalue weighted by Crippen LogP contribution is -2.17. The van der Waals surface area contributed by atoms with E-state index < -0.39 is 15.7 Å². The van der Waals surface area contributed by atoms with Crippen molar-refractivity contribution in [2.75, 3.05) is 29.6 Å². The van der Waals surface area contributed by atoms with Crippen LogP contribution in [0.5, 0.6) is 0 Å². The van der Waals surface area contributed by atoms with Crippen molar-refractivity contribution in [1.82, 2.24) is 0 Å². The Morgan fingerprint density at radius 3 is 2.61 bits per heavy atom. The SMILES string of the molecule is CS(=O)(=O)CCNc1sc(C#N)c(N)c1C(N)=O. The Kier molecular flexibility index (Phi) is 4.15. The molecule has 0 fully saturated rings. The van der Waals surface area contributed by atoms with Gasteiger partial charge < -0.3 is 16.8 Å². The van der Waals surface area contributed by atoms with Crippen molar-refractivity contribution >= 4 is 37.8 Å². The lowest BCUT2D eigenvalue weighted by atomic mass is 10.2. The first kappa shape index (κ1) is 14.3. The summed E-state index contributed by atoms with van der Waals surface area (Å²) in [7, 11) is -3.11. The summed E-state index contributed by atoms with van der Waals surface area (Å²) in [5.41, 5.74) is 10.8. The largest absolute Gasteiger partial charge is 0.396 e. The second-order valence-electron chi connectivity index (χ2n) is 3.58. The Morgan fingerprint density at radius 2 is 2.17 bits per heavy atom. The maximum atomic E-state index is 11.2. The molecule has 1 aromatic heterocycles. The zero-order valence-electron chi connectivity index (χ0n) is 9.56. The predicted molar refractivity (Wildman–Crippen MR) is 70.2 cm³/mol. The summed E-state index contributed by atoms with van der Waals surface area (Å²) in [6.45, 7) is 0.115. The molecule has 0 saturated heterocycles. The van der Waals surface area contributed by atoms with Gasteiger partial charge in [-0.1, -0.05) is 0 Å². The van der Waals surface area contributed by atoms with Gasteiger partial charge in [-0.15, -0.1) is 11.3 Å². The van der Waals surface area contributed by atoms with E-state index in [2.05, 4.69) is 5.32 Å². The lowest BCUT2D eigenvalue weighted by Gasteiger charge is -2.04. The van der Waals surface area contributed by atoms with Gasteiger partial charge in [-0.05, 0) is 0 Å². The predicted octanol–water partition coefficient (Wildman–Crippen LogP) is -0.243. The van der Waals surface area contributed by atoms with Gasteiger partial charge in [0.05, 0.1) is 17.0 Å². The van der Waals surface area contributed by atoms with Crippen LogP contribution in [0.3, 0.4) is 0 Å². The van der Waals surface area contributed by atoms with Crippen LogP contribution in [0, 0.1) is 11.3 Å². The highest BCUT2D eigenvalue weighted by Crippen LogP contribution is 2.34. The quantitative estimate of drug-likeness (QED) is 0.683. The van der Waals surface area contributed by atoms with Gasteiger partial charge >= 0.3 is 0 Å². The van der Waals surface area contributed by atoms with Gasteiger partial charge in [0.25, 0.3) is 5.91 Å². The normalized spacial score (nSPS) is 10.9. The average molecular weight is 288 g/mol. The molecule has 0 unspecified atom stereocenters. The first-order chi connectivity index (χ1) is 8.26. The number of nitrogens with zero attached hydrogens (tertiary/aromatic N) is 1. The molecule has 7 nitrogen and oxygen atoms in total. The number of primary amides is 1. The van der Waals surface area contributed by atoms with Gasteiger partial charge in [0.15, 0.2) is 0 Å². The molecular formula is C9H12N4O3S2. The summed E-state index contributed by atoms with van der Waals surface area (Å²) in [6.07, 6.45) is 1.10. The highest BCUT2D eigenvalue weighted by Gasteiger charge is 2.20. The Morgan fingerprint density at radius 1 is 1.56 bits per heavy atom. The van der Waals surface area contributed by atoms with Gasteiger partial charge in [0, 0.05) is 12.8 Å². The van der Waals surface area contributed by atoms with Crippen LogP contribution in [0.25, 0.3) is 0 Å². The molecule has 0 aromatic carbocycles. The number of hydrogen-bond acceptors (Lipinski definition) is 7. The van der Waals surface area contributed by atoms with Crippen molar-refractivity contribution < 1.29 is 13.2 Å². The molecule has 0 spiro atoms. The summed E-state index contributed by atoms with van der Waals surface area (Å²) in [5, 5.41) is 11.9. The summed E-state index contributed by atoms with van der Waals surface area (Å²) < 4.78 is 21.9. The van der Waals surface area contributed by atoms with Crippen molar-refractivity contribution in [2.24, 2.45) is 5.73 Å². The van der Waals surface area contributed by atoms with E-state index in [1.54, 1.807) is 0 Å². The number of nitrogens with two attached hydrogens (primary N) is 2. The van der Waals surface area contributed by atoms with E-state index in [0.29, 0.717) is 5.00 Å². The Balaban J connectivity index is 2.96. The van der Waals surface area contributed by atoms with Crippen LogP contribution in [-0.4, -0.2) is 32.9 Å². The van der Waals surface area contributed by atoms with E-state index in [4.69, 9.17) is 16.7 Å². The molecule has 0 aliphatic carbocycles. The van der Waals surface area contributed by atoms with E-state index >= 15 is 0 Å². The second-order valence-corrected chi connectivity index (χ2v) is 6.86. The summed E-state index contributed by atoms with van der Waals surface area (Å²) >= 11 is 0.972. The second kappa shape index (κ2) is 5.24. The molecule has 0 saturated carbocycles. The van der Waals surface area contributed by atoms with Crippen molar-refractivity contribution in [3.8, 4) is 6.07 Å². The molecule has 5 N–H and O–H groups in total. The molecule has 1 aromatic rings. The molecule has 9 heteroatoms. The number of nitriles is 1. The van der Waals surface area contributed by atoms with E-state index in [1.807, 2.05) is 6.07 Å². The minimum Gasteiger partial charge on any atom is -0.396 e. The summed E-state index contributed by atoms with van der Waals surface area (Å²) in [6, 6.07) is 1.85. The monoisotopic (exact) mass is 288 g/mol. The maximum absolute atomic E-state index is 11.2. The molecule has 0 atom stereocenters. The standard InChI is InChI=1S/C9H12N4O3S2/c1-18(15,16)3-2-13-9-6(8(12)14)7(11)5(4-10)17-9/h13H,2-3,11H2,1H3,(H2,12,14). The van der Waals surface area contributed by atoms with Crippen LogP contribution in [-0.2, 0) is 9.84 Å². The molecule has 0 aliphatic rings. The summed E-state index contributed by atoms with van der Waals surface area (Å²) in [4.78, 5) is 11.4. The molecule has 1 rings (SSSR count). The number of carbonyl (C=O) groups is 1. The van der Waals surface area contributed by atoms with Gasteiger partial charge in [0.1, 0.15) is 25.8 Å². The third-order valence-corrected chi connectivity index (χ3v) is 4.07. The van der Waals surface area contributed by atoms with Gasteiger partial charge in [-0.25, -0.2) is 8.42 Å². The van der Waals surface area contributed by atoms with Gasteiger partial charge in [0.2, 0.25) is 0 Å². The van der Waals surface area contributed by atoms with Crippen LogP contribution in [0.15, 0.2) is 0 Å². The zero-order valence-corrected chi connectivity index (χ0v) is 11.2. The topological polar surface area (TPSA) is 139 Å². The van der Waals surface area contributed by atoms with Crippen molar-refractivity contribution in [1.29, 1.82) is 5.26 Å². The van der Waals surface area contributed by atoms with Crippen molar-refractivity contribution in [2.45, 2.75) is 0 Å². The highest BCUT2D eigenvalue weighted by molar-refractivity contribution is 7.90. The Hall–Kier alpha value is -1.79. The smallest absolute Gasteiger partial charge is 0.253 e. The fourth-order valence-corrected chi connectivity index (χ4v) is 2.67. The van der Waals surface area contributed by atoms with E-state index in [-0.39, 0.29) is 28.4 Å². The number of amides is 1. The van der Waals surface area contributed by atoms with Gasteiger partial charge in [-0.3, -0.25) is 4.79 Å². The summed E-state index contributed by atoms with van der Waals surface area (Å²) in [5.74, 6) is -0.850. The van der Waals surface area contributed by atoms with Crippen LogP contribution in [0.4, 0.5) is 10.7 Å². The van der Waals surface area contributed by atoms with E-state index in [1.165, 1.54) is 0 Å². The molecule has 18 heavy (non-hydrogen) atoms. The van der Waals surface area contributed by atoms with Crippen LogP contribution in [0.1, 0.15) is 15.2 Å². The number of nitrogen functional groups attached to an aromatic ring is 1. The molecule has 0 aliphatic heterocycles. The average Bonchev–Trinajstić information content (AvgIpc) is 2.53. The lowest BCUT2D eigenvalue weighted by molar-refractivity contribution is 0.100. The maximum Gasteiger partial charge on any atom is 0.253 e. The van der Waals surface area contributed by atoms with Crippen LogP contribution < -0.4 is 16.8 Å². The third-order valence-electron chi connectivity index (χ3n) is 2.05. The van der Waals surface area contributed by atoms with Crippen molar-refractivity contribution in [3.63, 3.8) is 0 Å². The van der Waals surface area contributed by atoms with E-state index in [9.17, 15) is 13.2 Å². The fourth-order valence-electron chi connectivity index (χ4n) is 1.25. The minimum absolute atomic E-state index is 0.0249. The minimum atomic E-state index is -3.11. The van der Waals surface area contributed by atoms with Crippen molar-refractivity contribution in [3.05, 3.63) is 10.4 Å². The molecule has 0 radical (unpaired) electrons. The number of sulfone groups is 1. The molecule has 0 bridgehead atoms. The molecular weight excluding hydrogens is 276 g/mol. The third kappa shape index (κ3) is 3.35. The van der Waals surface area contributed by atoms with E-state index in [0.717, 1.165) is 17.6 Å². The molecule has 98 valence electrons. The molecule has 1 heterocycles. The van der Waals surface area contributed by atoms with Gasteiger partial charge in [-0.2, -0.15) is 5.26 Å². The first-order valence-electron chi connectivity index (χ1n) is 4.80. The number of anilines is 2. The number of hydrogen-bond donors (Lipinski definition) is 3. The van der Waals surface area contributed by atoms with Crippen LogP contribution >= 0.6 is 11.3 Å². The number of nitrogens with one attached hydrogen (secondary N) is 1. The Bertz CT molecular complexity index is 612. The fraction of sp³-hybridized carbons (Fsp3) is 0.333.